The molecule has 0 aliphatic heterocycles. The number of aromatic amines is 1. The van der Waals surface area contributed by atoms with Crippen molar-refractivity contribution in [3.63, 3.8) is 0 Å². The van der Waals surface area contributed by atoms with Gasteiger partial charge in [0.2, 0.25) is 5.82 Å². The van der Waals surface area contributed by atoms with E-state index in [1.54, 1.807) is 6.92 Å². The lowest BCUT2D eigenvalue weighted by molar-refractivity contribution is -0.122. The molecule has 3 heterocycles. The number of H-pyrrole nitrogens is 1. The standard InChI is InChI=1S/C31H39N7O2/c1-4-6-12-24-20-38(29-23(5-2)11-7-8-13-25(29)21(3)39)31(40)37(24)19-22-16-17-28(32-18-22)26-14-9-10-15-27(26)30-33-35-36-34-30/h9-10,14-18,20,23,25,29H,4-8,11-13,19H2,1-3H3,(H,33,34,35,36). The second-order valence-corrected chi connectivity index (χ2v) is 11.0. The molecule has 1 N–H and O–H groups in total. The van der Waals surface area contributed by atoms with Crippen molar-refractivity contribution in [3.05, 3.63) is 70.5 Å². The van der Waals surface area contributed by atoms with Gasteiger partial charge in [0.05, 0.1) is 18.3 Å². The van der Waals surface area contributed by atoms with Crippen LogP contribution in [0.3, 0.4) is 0 Å². The molecule has 3 atom stereocenters. The van der Waals surface area contributed by atoms with Crippen LogP contribution in [0.2, 0.25) is 0 Å². The fourth-order valence-corrected chi connectivity index (χ4v) is 6.28. The Kier molecular flexibility index (Phi) is 8.67. The minimum absolute atomic E-state index is 0.0192. The highest BCUT2D eigenvalue weighted by atomic mass is 16.2. The van der Waals surface area contributed by atoms with E-state index in [1.807, 2.05) is 51.7 Å². The number of carbonyl (C=O) groups is 1. The minimum Gasteiger partial charge on any atom is -0.300 e. The Hall–Kier alpha value is -3.88. The molecule has 3 unspecified atom stereocenters. The van der Waals surface area contributed by atoms with Crippen molar-refractivity contribution in [3.8, 4) is 22.6 Å². The first-order valence-corrected chi connectivity index (χ1v) is 14.6. The molecule has 0 radical (unpaired) electrons. The van der Waals surface area contributed by atoms with Gasteiger partial charge in [-0.2, -0.15) is 5.21 Å². The van der Waals surface area contributed by atoms with Crippen molar-refractivity contribution in [1.29, 1.82) is 0 Å². The number of ketones is 1. The molecule has 3 aromatic heterocycles. The van der Waals surface area contributed by atoms with Crippen LogP contribution in [0.5, 0.6) is 0 Å². The Labute approximate surface area is 235 Å². The summed E-state index contributed by atoms with van der Waals surface area (Å²) in [5, 5.41) is 14.5. The minimum atomic E-state index is -0.111. The van der Waals surface area contributed by atoms with E-state index in [2.05, 4.69) is 40.7 Å². The van der Waals surface area contributed by atoms with Crippen molar-refractivity contribution < 1.29 is 4.79 Å². The van der Waals surface area contributed by atoms with E-state index in [0.29, 0.717) is 18.3 Å². The zero-order valence-electron chi connectivity index (χ0n) is 23.7. The number of pyridine rings is 1. The monoisotopic (exact) mass is 541 g/mol. The van der Waals surface area contributed by atoms with Gasteiger partial charge in [0.15, 0.2) is 0 Å². The zero-order valence-corrected chi connectivity index (χ0v) is 23.7. The summed E-state index contributed by atoms with van der Waals surface area (Å²) in [6.45, 7) is 6.49. The van der Waals surface area contributed by atoms with Crippen LogP contribution in [0.25, 0.3) is 22.6 Å². The Morgan fingerprint density at radius 2 is 1.88 bits per heavy atom. The normalized spacial score (nSPS) is 19.4. The number of tetrazole rings is 1. The number of hydrogen-bond acceptors (Lipinski definition) is 6. The first-order valence-electron chi connectivity index (χ1n) is 14.6. The van der Waals surface area contributed by atoms with Gasteiger partial charge < -0.3 is 0 Å². The molecule has 1 aliphatic rings. The number of unbranched alkanes of at least 4 members (excludes halogenated alkanes) is 1. The summed E-state index contributed by atoms with van der Waals surface area (Å²) < 4.78 is 3.81. The summed E-state index contributed by atoms with van der Waals surface area (Å²) in [5.41, 5.74) is 4.52. The van der Waals surface area contributed by atoms with Gasteiger partial charge in [0.1, 0.15) is 5.78 Å². The van der Waals surface area contributed by atoms with Gasteiger partial charge in [-0.3, -0.25) is 18.9 Å². The summed E-state index contributed by atoms with van der Waals surface area (Å²) in [6, 6.07) is 11.8. The lowest BCUT2D eigenvalue weighted by Gasteiger charge is -2.30. The molecule has 5 rings (SSSR count). The van der Waals surface area contributed by atoms with Crippen LogP contribution in [0, 0.1) is 11.8 Å². The number of rotatable bonds is 10. The van der Waals surface area contributed by atoms with Crippen molar-refractivity contribution in [2.45, 2.75) is 84.7 Å². The number of aryl methyl sites for hydroxylation is 1. The molecule has 1 saturated carbocycles. The topological polar surface area (TPSA) is 111 Å². The largest absolute Gasteiger partial charge is 0.328 e. The summed E-state index contributed by atoms with van der Waals surface area (Å²) in [6.07, 6.45) is 11.8. The molecule has 9 heteroatoms. The fourth-order valence-electron chi connectivity index (χ4n) is 6.28. The predicted molar refractivity (Wildman–Crippen MR) is 155 cm³/mol. The summed E-state index contributed by atoms with van der Waals surface area (Å²) in [7, 11) is 0. The molecule has 0 bridgehead atoms. The Morgan fingerprint density at radius 3 is 2.55 bits per heavy atom. The number of aromatic nitrogens is 7. The molecular weight excluding hydrogens is 502 g/mol. The van der Waals surface area contributed by atoms with E-state index in [4.69, 9.17) is 4.98 Å². The average molecular weight is 542 g/mol. The lowest BCUT2D eigenvalue weighted by atomic mass is 9.83. The van der Waals surface area contributed by atoms with Crippen LogP contribution in [-0.4, -0.2) is 40.5 Å². The quantitative estimate of drug-likeness (QED) is 0.261. The first-order chi connectivity index (χ1) is 19.5. The fraction of sp³-hybridized carbons (Fsp3) is 0.484. The maximum Gasteiger partial charge on any atom is 0.328 e. The molecule has 1 aromatic carbocycles. The highest BCUT2D eigenvalue weighted by molar-refractivity contribution is 5.79. The van der Waals surface area contributed by atoms with Crippen molar-refractivity contribution in [2.24, 2.45) is 11.8 Å². The van der Waals surface area contributed by atoms with Crippen LogP contribution >= 0.6 is 0 Å². The molecule has 1 fully saturated rings. The Morgan fingerprint density at radius 1 is 1.07 bits per heavy atom. The second kappa shape index (κ2) is 12.5. The molecule has 0 spiro atoms. The number of hydrogen-bond donors (Lipinski definition) is 1. The van der Waals surface area contributed by atoms with Gasteiger partial charge in [0, 0.05) is 35.1 Å². The SMILES string of the molecule is CCCCc1cn(C2C(CC)CCCCC2C(C)=O)c(=O)n1Cc1ccc(-c2ccccc2-c2nn[nH]n2)nc1. The molecule has 0 amide bonds. The van der Waals surface area contributed by atoms with Crippen molar-refractivity contribution in [2.75, 3.05) is 0 Å². The number of nitrogens with one attached hydrogen (secondary N) is 1. The molecular formula is C31H39N7O2. The number of benzene rings is 1. The van der Waals surface area contributed by atoms with E-state index in [9.17, 15) is 9.59 Å². The molecule has 0 saturated heterocycles. The Balaban J connectivity index is 1.48. The van der Waals surface area contributed by atoms with Crippen LogP contribution in [-0.2, 0) is 17.8 Å². The second-order valence-electron chi connectivity index (χ2n) is 11.0. The van der Waals surface area contributed by atoms with Gasteiger partial charge in [-0.25, -0.2) is 4.79 Å². The van der Waals surface area contributed by atoms with Gasteiger partial charge in [-0.05, 0) is 55.4 Å². The first kappa shape index (κ1) is 27.7. The van der Waals surface area contributed by atoms with Crippen molar-refractivity contribution >= 4 is 5.78 Å². The summed E-state index contributed by atoms with van der Waals surface area (Å²) >= 11 is 0. The van der Waals surface area contributed by atoms with Crippen LogP contribution in [0.15, 0.2) is 53.6 Å². The molecule has 210 valence electrons. The van der Waals surface area contributed by atoms with Crippen LogP contribution in [0.4, 0.5) is 0 Å². The Bertz CT molecular complexity index is 1470. The lowest BCUT2D eigenvalue weighted by Crippen LogP contribution is -2.37. The van der Waals surface area contributed by atoms with Crippen LogP contribution < -0.4 is 5.69 Å². The molecule has 4 aromatic rings. The van der Waals surface area contributed by atoms with Gasteiger partial charge in [0.25, 0.3) is 0 Å². The third-order valence-corrected chi connectivity index (χ3v) is 8.43. The molecule has 9 nitrogen and oxygen atoms in total. The van der Waals surface area contributed by atoms with Crippen LogP contribution in [0.1, 0.15) is 83.0 Å². The maximum atomic E-state index is 14.0. The summed E-state index contributed by atoms with van der Waals surface area (Å²) in [4.78, 5) is 31.6. The summed E-state index contributed by atoms with van der Waals surface area (Å²) in [5.74, 6) is 0.924. The number of carbonyl (C=O) groups excluding carboxylic acids is 1. The van der Waals surface area contributed by atoms with Gasteiger partial charge in [-0.15, -0.1) is 10.2 Å². The maximum absolute atomic E-state index is 14.0. The predicted octanol–water partition coefficient (Wildman–Crippen LogP) is 5.63. The number of nitrogens with zero attached hydrogens (tertiary/aromatic N) is 6. The molecule has 40 heavy (non-hydrogen) atoms. The smallest absolute Gasteiger partial charge is 0.300 e. The van der Waals surface area contributed by atoms with E-state index in [0.717, 1.165) is 79.4 Å². The van der Waals surface area contributed by atoms with E-state index in [1.165, 1.54) is 0 Å². The average Bonchev–Trinajstić information content (AvgIpc) is 3.55. The number of Topliss-reactive ketones (excluding diaryl/α,β-unsaturated/α-hetero) is 1. The van der Waals surface area contributed by atoms with Crippen molar-refractivity contribution in [1.82, 2.24) is 34.7 Å². The van der Waals surface area contributed by atoms with E-state index >= 15 is 0 Å². The van der Waals surface area contributed by atoms with E-state index < -0.39 is 0 Å². The third kappa shape index (κ3) is 5.69. The van der Waals surface area contributed by atoms with Gasteiger partial charge in [-0.1, -0.05) is 69.9 Å². The third-order valence-electron chi connectivity index (χ3n) is 8.43. The van der Waals surface area contributed by atoms with Gasteiger partial charge >= 0.3 is 5.69 Å². The highest BCUT2D eigenvalue weighted by Gasteiger charge is 2.36. The zero-order chi connectivity index (χ0) is 28.1. The highest BCUT2D eigenvalue weighted by Crippen LogP contribution is 2.39. The van der Waals surface area contributed by atoms with E-state index in [-0.39, 0.29) is 23.4 Å². The molecule has 1 aliphatic carbocycles. The number of imidazole rings is 1.